The van der Waals surface area contributed by atoms with Crippen LogP contribution in [0, 0.1) is 12.8 Å². The van der Waals surface area contributed by atoms with E-state index in [1.165, 1.54) is 4.90 Å². The predicted molar refractivity (Wildman–Crippen MR) is 99.8 cm³/mol. The second-order valence-electron chi connectivity index (χ2n) is 6.93. The summed E-state index contributed by atoms with van der Waals surface area (Å²) in [6.07, 6.45) is 3.52. The maximum absolute atomic E-state index is 12.9. The minimum atomic E-state index is -0.655. The van der Waals surface area contributed by atoms with Crippen LogP contribution in [0.4, 0.5) is 5.69 Å². The number of ketones is 1. The Kier molecular flexibility index (Phi) is 4.89. The Balaban J connectivity index is 2.16. The van der Waals surface area contributed by atoms with Gasteiger partial charge in [0.05, 0.1) is 11.6 Å². The van der Waals surface area contributed by atoms with Crippen molar-refractivity contribution >= 4 is 17.4 Å². The van der Waals surface area contributed by atoms with Crippen molar-refractivity contribution in [2.75, 3.05) is 4.90 Å². The zero-order chi connectivity index (χ0) is 18.8. The van der Waals surface area contributed by atoms with Gasteiger partial charge in [-0.2, -0.15) is 0 Å². The molecule has 1 aliphatic heterocycles. The number of Topliss-reactive ketones (excluding diaryl/α,β-unsaturated/α-hetero) is 1. The molecule has 0 spiro atoms. The summed E-state index contributed by atoms with van der Waals surface area (Å²) in [4.78, 5) is 31.3. The van der Waals surface area contributed by atoms with Gasteiger partial charge in [-0.05, 0) is 42.2 Å². The monoisotopic (exact) mass is 350 g/mol. The lowest BCUT2D eigenvalue weighted by Crippen LogP contribution is -2.31. The van der Waals surface area contributed by atoms with Crippen LogP contribution in [0.3, 0.4) is 0 Å². The van der Waals surface area contributed by atoms with Gasteiger partial charge in [-0.1, -0.05) is 32.0 Å². The van der Waals surface area contributed by atoms with Crippen LogP contribution >= 0.6 is 0 Å². The topological polar surface area (TPSA) is 70.5 Å². The fraction of sp³-hybridized carbons (Fsp3) is 0.286. The van der Waals surface area contributed by atoms with Gasteiger partial charge in [0, 0.05) is 24.5 Å². The molecule has 1 aromatic heterocycles. The molecule has 1 amide bonds. The normalized spacial score (nSPS) is 17.3. The molecule has 0 fully saturated rings. The maximum atomic E-state index is 12.9. The number of aromatic nitrogens is 1. The summed E-state index contributed by atoms with van der Waals surface area (Å²) in [6.45, 7) is 5.77. The number of aliphatic hydroxyl groups excluding tert-OH is 1. The molecule has 0 radical (unpaired) electrons. The van der Waals surface area contributed by atoms with E-state index in [4.69, 9.17) is 0 Å². The quantitative estimate of drug-likeness (QED) is 0.888. The average Bonchev–Trinajstić information content (AvgIpc) is 2.87. The Morgan fingerprint density at radius 3 is 2.46 bits per heavy atom. The Morgan fingerprint density at radius 1 is 1.19 bits per heavy atom. The summed E-state index contributed by atoms with van der Waals surface area (Å²) in [6, 6.07) is 10.3. The third-order valence-corrected chi connectivity index (χ3v) is 4.50. The molecule has 0 bridgehead atoms. The van der Waals surface area contributed by atoms with Gasteiger partial charge in [-0.3, -0.25) is 19.5 Å². The SMILES string of the molecule is Cc1ccccc1N1C(=O)C(O)=C(C(=O)CC(C)C)C1c1ccncc1. The molecule has 1 unspecified atom stereocenters. The Bertz CT molecular complexity index is 872. The average molecular weight is 350 g/mol. The standard InChI is InChI=1S/C21H22N2O3/c1-13(2)12-17(24)18-19(15-8-10-22-11-9-15)23(21(26)20(18)25)16-7-5-4-6-14(16)3/h4-11,13,19,25H,12H2,1-3H3. The van der Waals surface area contributed by atoms with Gasteiger partial charge in [0.15, 0.2) is 11.5 Å². The molecule has 2 heterocycles. The molecule has 0 saturated heterocycles. The smallest absolute Gasteiger partial charge is 0.294 e. The number of aryl methyl sites for hydroxylation is 1. The van der Waals surface area contributed by atoms with Crippen LogP contribution in [-0.2, 0) is 9.59 Å². The fourth-order valence-electron chi connectivity index (χ4n) is 3.31. The summed E-state index contributed by atoms with van der Waals surface area (Å²) in [5.41, 5.74) is 2.48. The van der Waals surface area contributed by atoms with E-state index in [1.54, 1.807) is 24.5 Å². The summed E-state index contributed by atoms with van der Waals surface area (Å²) >= 11 is 0. The van der Waals surface area contributed by atoms with E-state index in [1.807, 2.05) is 45.0 Å². The first kappa shape index (κ1) is 17.9. The van der Waals surface area contributed by atoms with Gasteiger partial charge in [0.1, 0.15) is 0 Å². The van der Waals surface area contributed by atoms with Crippen molar-refractivity contribution in [2.45, 2.75) is 33.2 Å². The maximum Gasteiger partial charge on any atom is 0.294 e. The molecule has 1 aromatic carbocycles. The molecule has 1 aliphatic rings. The molecule has 3 rings (SSSR count). The van der Waals surface area contributed by atoms with E-state index in [9.17, 15) is 14.7 Å². The van der Waals surface area contributed by atoms with Crippen LogP contribution in [0.25, 0.3) is 0 Å². The zero-order valence-corrected chi connectivity index (χ0v) is 15.1. The third kappa shape index (κ3) is 3.12. The number of carbonyl (C=O) groups excluding carboxylic acids is 2. The van der Waals surface area contributed by atoms with Crippen molar-refractivity contribution in [2.24, 2.45) is 5.92 Å². The molecule has 1 atom stereocenters. The Morgan fingerprint density at radius 2 is 1.85 bits per heavy atom. The Labute approximate surface area is 153 Å². The summed E-state index contributed by atoms with van der Waals surface area (Å²) in [5, 5.41) is 10.5. The molecule has 0 aliphatic carbocycles. The summed E-state index contributed by atoms with van der Waals surface area (Å²) < 4.78 is 0. The number of benzene rings is 1. The lowest BCUT2D eigenvalue weighted by Gasteiger charge is -2.28. The lowest BCUT2D eigenvalue weighted by molar-refractivity contribution is -0.118. The number of carbonyl (C=O) groups is 2. The van der Waals surface area contributed by atoms with E-state index in [2.05, 4.69) is 4.98 Å². The zero-order valence-electron chi connectivity index (χ0n) is 15.1. The second kappa shape index (κ2) is 7.12. The van der Waals surface area contributed by atoms with Crippen LogP contribution in [-0.4, -0.2) is 21.8 Å². The van der Waals surface area contributed by atoms with Crippen LogP contribution in [0.1, 0.15) is 37.4 Å². The number of nitrogens with zero attached hydrogens (tertiary/aromatic N) is 2. The summed E-state index contributed by atoms with van der Waals surface area (Å²) in [7, 11) is 0. The number of amides is 1. The van der Waals surface area contributed by atoms with Crippen LogP contribution in [0.15, 0.2) is 60.1 Å². The molecule has 134 valence electrons. The highest BCUT2D eigenvalue weighted by Crippen LogP contribution is 2.42. The van der Waals surface area contributed by atoms with E-state index in [0.717, 1.165) is 11.1 Å². The van der Waals surface area contributed by atoms with Crippen molar-refractivity contribution in [3.63, 3.8) is 0 Å². The van der Waals surface area contributed by atoms with Gasteiger partial charge in [-0.25, -0.2) is 0 Å². The molecular weight excluding hydrogens is 328 g/mol. The molecule has 1 N–H and O–H groups in total. The van der Waals surface area contributed by atoms with Crippen molar-refractivity contribution in [1.29, 1.82) is 0 Å². The predicted octanol–water partition coefficient (Wildman–Crippen LogP) is 3.91. The van der Waals surface area contributed by atoms with Gasteiger partial charge in [0.2, 0.25) is 0 Å². The van der Waals surface area contributed by atoms with Crippen LogP contribution in [0.5, 0.6) is 0 Å². The van der Waals surface area contributed by atoms with E-state index < -0.39 is 17.7 Å². The molecule has 26 heavy (non-hydrogen) atoms. The van der Waals surface area contributed by atoms with Gasteiger partial charge < -0.3 is 5.11 Å². The summed E-state index contributed by atoms with van der Waals surface area (Å²) in [5.74, 6) is -1.08. The molecule has 2 aromatic rings. The van der Waals surface area contributed by atoms with Gasteiger partial charge in [0.25, 0.3) is 5.91 Å². The van der Waals surface area contributed by atoms with Crippen molar-refractivity contribution in [3.8, 4) is 0 Å². The molecule has 5 heteroatoms. The molecule has 0 saturated carbocycles. The number of anilines is 1. The second-order valence-corrected chi connectivity index (χ2v) is 6.93. The highest BCUT2D eigenvalue weighted by atomic mass is 16.3. The van der Waals surface area contributed by atoms with Crippen molar-refractivity contribution < 1.29 is 14.7 Å². The van der Waals surface area contributed by atoms with Crippen molar-refractivity contribution in [3.05, 3.63) is 71.3 Å². The van der Waals surface area contributed by atoms with E-state index >= 15 is 0 Å². The third-order valence-electron chi connectivity index (χ3n) is 4.50. The Hall–Kier alpha value is -2.95. The first-order chi connectivity index (χ1) is 12.4. The lowest BCUT2D eigenvalue weighted by atomic mass is 9.92. The molecule has 5 nitrogen and oxygen atoms in total. The highest BCUT2D eigenvalue weighted by molar-refractivity contribution is 6.16. The van der Waals surface area contributed by atoms with E-state index in [0.29, 0.717) is 5.69 Å². The first-order valence-electron chi connectivity index (χ1n) is 8.67. The number of para-hydroxylation sites is 1. The number of rotatable bonds is 5. The first-order valence-corrected chi connectivity index (χ1v) is 8.67. The number of pyridine rings is 1. The van der Waals surface area contributed by atoms with Crippen LogP contribution in [0.2, 0.25) is 0 Å². The highest BCUT2D eigenvalue weighted by Gasteiger charge is 2.44. The van der Waals surface area contributed by atoms with Gasteiger partial charge >= 0.3 is 0 Å². The minimum Gasteiger partial charge on any atom is -0.503 e. The number of hydrogen-bond acceptors (Lipinski definition) is 4. The van der Waals surface area contributed by atoms with Crippen LogP contribution < -0.4 is 4.90 Å². The van der Waals surface area contributed by atoms with E-state index in [-0.39, 0.29) is 23.7 Å². The largest absolute Gasteiger partial charge is 0.503 e. The fourth-order valence-corrected chi connectivity index (χ4v) is 3.31. The molecular formula is C21H22N2O3. The van der Waals surface area contributed by atoms with Gasteiger partial charge in [-0.15, -0.1) is 0 Å². The number of aliphatic hydroxyl groups is 1. The number of hydrogen-bond donors (Lipinski definition) is 1. The van der Waals surface area contributed by atoms with Crippen molar-refractivity contribution in [1.82, 2.24) is 4.98 Å². The minimum absolute atomic E-state index is 0.128.